The molecule has 7 nitrogen and oxygen atoms in total. The number of carbonyl (C=O) groups is 1. The number of carbonyl (C=O) groups excluding carboxylic acids is 1. The van der Waals surface area contributed by atoms with Gasteiger partial charge in [0, 0.05) is 28.6 Å². The van der Waals surface area contributed by atoms with Crippen molar-refractivity contribution in [2.75, 3.05) is 13.1 Å². The molecule has 3 aromatic rings. The number of rotatable bonds is 5. The average Bonchev–Trinajstić information content (AvgIpc) is 3.28. The molecule has 0 radical (unpaired) electrons. The summed E-state index contributed by atoms with van der Waals surface area (Å²) in [5.74, 6) is 2.04. The van der Waals surface area contributed by atoms with E-state index in [0.29, 0.717) is 24.8 Å². The van der Waals surface area contributed by atoms with Crippen LogP contribution in [0.5, 0.6) is 5.75 Å². The summed E-state index contributed by atoms with van der Waals surface area (Å²) in [5, 5.41) is 7.48. The van der Waals surface area contributed by atoms with Gasteiger partial charge in [-0.1, -0.05) is 38.8 Å². The Morgan fingerprint density at radius 1 is 1.23 bits per heavy atom. The normalized spacial score (nSPS) is 21.7. The van der Waals surface area contributed by atoms with E-state index in [0.717, 1.165) is 52.7 Å². The van der Waals surface area contributed by atoms with Crippen molar-refractivity contribution >= 4 is 21.8 Å². The zero-order valence-corrected chi connectivity index (χ0v) is 22.0. The molecule has 0 saturated carbocycles. The van der Waals surface area contributed by atoms with Gasteiger partial charge in [-0.25, -0.2) is 0 Å². The Morgan fingerprint density at radius 2 is 2.03 bits per heavy atom. The van der Waals surface area contributed by atoms with Gasteiger partial charge in [-0.15, -0.1) is 0 Å². The lowest BCUT2D eigenvalue weighted by Gasteiger charge is -2.39. The predicted molar refractivity (Wildman–Crippen MR) is 137 cm³/mol. The molecule has 1 amide bonds. The van der Waals surface area contributed by atoms with E-state index in [1.165, 1.54) is 0 Å². The van der Waals surface area contributed by atoms with Gasteiger partial charge in [0.05, 0.1) is 18.5 Å². The van der Waals surface area contributed by atoms with Crippen molar-refractivity contribution in [3.63, 3.8) is 0 Å². The first-order chi connectivity index (χ1) is 16.8. The number of nitrogens with zero attached hydrogens (tertiary/aromatic N) is 3. The number of hydrogen-bond acceptors (Lipinski definition) is 6. The number of piperidine rings is 1. The Hall–Kier alpha value is -2.71. The van der Waals surface area contributed by atoms with Gasteiger partial charge in [0.2, 0.25) is 17.6 Å². The van der Waals surface area contributed by atoms with Gasteiger partial charge in [-0.2, -0.15) is 4.98 Å². The highest BCUT2D eigenvalue weighted by Gasteiger charge is 2.36. The van der Waals surface area contributed by atoms with Crippen molar-refractivity contribution in [3.8, 4) is 17.1 Å². The number of likely N-dealkylation sites (tertiary alicyclic amines) is 1. The van der Waals surface area contributed by atoms with Crippen LogP contribution in [-0.4, -0.2) is 39.6 Å². The van der Waals surface area contributed by atoms with E-state index >= 15 is 0 Å². The number of halogens is 1. The number of fused-ring (bicyclic) bond motifs is 1. The van der Waals surface area contributed by atoms with Crippen LogP contribution in [0, 0.1) is 12.8 Å². The minimum Gasteiger partial charge on any atom is -0.487 e. The summed E-state index contributed by atoms with van der Waals surface area (Å²) >= 11 is 3.44. The SMILES string of the molecule is Cc1ccc2c(c1)C(NC(=O)C1CCCN(Cc3nc(-c4ccc(Br)cc4)no3)C1)CC(C)(C)O2. The highest BCUT2D eigenvalue weighted by molar-refractivity contribution is 9.10. The standard InChI is InChI=1S/C27H31BrN4O3/c1-17-6-11-23-21(13-17)22(14-27(2,3)34-23)29-26(33)19-5-4-12-32(15-19)16-24-30-25(31-35-24)18-7-9-20(28)10-8-18/h6-11,13,19,22H,4-5,12,14-16H2,1-3H3,(H,29,33). The lowest BCUT2D eigenvalue weighted by Crippen LogP contribution is -2.46. The molecular formula is C27H31BrN4O3. The smallest absolute Gasteiger partial charge is 0.241 e. The second kappa shape index (κ2) is 9.74. The fourth-order valence-corrected chi connectivity index (χ4v) is 5.30. The summed E-state index contributed by atoms with van der Waals surface area (Å²) < 4.78 is 12.7. The molecule has 35 heavy (non-hydrogen) atoms. The third-order valence-electron chi connectivity index (χ3n) is 6.74. The van der Waals surface area contributed by atoms with Gasteiger partial charge in [-0.05, 0) is 70.5 Å². The maximum atomic E-state index is 13.4. The number of aromatic nitrogens is 2. The molecule has 184 valence electrons. The fourth-order valence-electron chi connectivity index (χ4n) is 5.03. The van der Waals surface area contributed by atoms with Gasteiger partial charge < -0.3 is 14.6 Å². The number of amides is 1. The second-order valence-electron chi connectivity index (χ2n) is 10.3. The van der Waals surface area contributed by atoms with E-state index in [2.05, 4.69) is 69.2 Å². The molecule has 0 aliphatic carbocycles. The number of hydrogen-bond donors (Lipinski definition) is 1. The Labute approximate surface area is 214 Å². The summed E-state index contributed by atoms with van der Waals surface area (Å²) in [4.78, 5) is 20.2. The molecule has 2 aliphatic rings. The van der Waals surface area contributed by atoms with Crippen LogP contribution in [-0.2, 0) is 11.3 Å². The molecular weight excluding hydrogens is 508 g/mol. The van der Waals surface area contributed by atoms with Gasteiger partial charge in [0.25, 0.3) is 0 Å². The highest BCUT2D eigenvalue weighted by atomic mass is 79.9. The number of benzene rings is 2. The third kappa shape index (κ3) is 5.59. The van der Waals surface area contributed by atoms with Gasteiger partial charge in [-0.3, -0.25) is 9.69 Å². The first-order valence-corrected chi connectivity index (χ1v) is 13.0. The van der Waals surface area contributed by atoms with Crippen LogP contribution in [0.2, 0.25) is 0 Å². The Bertz CT molecular complexity index is 1210. The Morgan fingerprint density at radius 3 is 2.83 bits per heavy atom. The fraction of sp³-hybridized carbons (Fsp3) is 0.444. The van der Waals surface area contributed by atoms with Crippen LogP contribution in [0.3, 0.4) is 0 Å². The van der Waals surface area contributed by atoms with E-state index < -0.39 is 0 Å². The number of aryl methyl sites for hydroxylation is 1. The molecule has 5 rings (SSSR count). The summed E-state index contributed by atoms with van der Waals surface area (Å²) in [6, 6.07) is 14.0. The summed E-state index contributed by atoms with van der Waals surface area (Å²) in [6.07, 6.45) is 2.58. The summed E-state index contributed by atoms with van der Waals surface area (Å²) in [5.41, 5.74) is 2.81. The first-order valence-electron chi connectivity index (χ1n) is 12.2. The zero-order valence-electron chi connectivity index (χ0n) is 20.4. The van der Waals surface area contributed by atoms with Crippen molar-refractivity contribution in [1.82, 2.24) is 20.4 Å². The van der Waals surface area contributed by atoms with Crippen LogP contribution in [0.25, 0.3) is 11.4 Å². The van der Waals surface area contributed by atoms with Gasteiger partial charge in [0.1, 0.15) is 11.4 Å². The predicted octanol–water partition coefficient (Wildman–Crippen LogP) is 5.44. The van der Waals surface area contributed by atoms with Crippen molar-refractivity contribution in [2.45, 2.75) is 58.2 Å². The molecule has 0 spiro atoms. The molecule has 1 N–H and O–H groups in total. The quantitative estimate of drug-likeness (QED) is 0.465. The minimum atomic E-state index is -0.330. The largest absolute Gasteiger partial charge is 0.487 e. The lowest BCUT2D eigenvalue weighted by atomic mass is 9.88. The minimum absolute atomic E-state index is 0.0547. The van der Waals surface area contributed by atoms with Crippen LogP contribution in [0.1, 0.15) is 56.2 Å². The molecule has 1 aromatic heterocycles. The molecule has 2 unspecified atom stereocenters. The zero-order chi connectivity index (χ0) is 24.6. The van der Waals surface area contributed by atoms with Crippen molar-refractivity contribution in [2.24, 2.45) is 5.92 Å². The molecule has 8 heteroatoms. The highest BCUT2D eigenvalue weighted by Crippen LogP contribution is 2.40. The number of nitrogens with one attached hydrogen (secondary N) is 1. The van der Waals surface area contributed by atoms with Gasteiger partial charge >= 0.3 is 0 Å². The monoisotopic (exact) mass is 538 g/mol. The molecule has 2 aromatic carbocycles. The van der Waals surface area contributed by atoms with Crippen LogP contribution in [0.4, 0.5) is 0 Å². The maximum Gasteiger partial charge on any atom is 0.241 e. The molecule has 2 aliphatic heterocycles. The van der Waals surface area contributed by atoms with E-state index in [-0.39, 0.29) is 23.5 Å². The second-order valence-corrected chi connectivity index (χ2v) is 11.2. The Kier molecular flexibility index (Phi) is 6.68. The number of ether oxygens (including phenoxy) is 1. The van der Waals surface area contributed by atoms with Crippen molar-refractivity contribution < 1.29 is 14.1 Å². The van der Waals surface area contributed by atoms with E-state index in [1.807, 2.05) is 30.3 Å². The van der Waals surface area contributed by atoms with Crippen LogP contribution < -0.4 is 10.1 Å². The van der Waals surface area contributed by atoms with Crippen molar-refractivity contribution in [1.29, 1.82) is 0 Å². The first kappa shape index (κ1) is 24.0. The molecule has 0 bridgehead atoms. The molecule has 3 heterocycles. The van der Waals surface area contributed by atoms with Crippen molar-refractivity contribution in [3.05, 3.63) is 64.0 Å². The van der Waals surface area contributed by atoms with E-state index in [1.54, 1.807) is 0 Å². The van der Waals surface area contributed by atoms with Crippen LogP contribution in [0.15, 0.2) is 51.5 Å². The lowest BCUT2D eigenvalue weighted by molar-refractivity contribution is -0.128. The van der Waals surface area contributed by atoms with Crippen LogP contribution >= 0.6 is 15.9 Å². The van der Waals surface area contributed by atoms with E-state index in [9.17, 15) is 4.79 Å². The molecule has 2 atom stereocenters. The molecule has 1 fully saturated rings. The maximum absolute atomic E-state index is 13.4. The third-order valence-corrected chi connectivity index (χ3v) is 7.27. The molecule has 1 saturated heterocycles. The van der Waals surface area contributed by atoms with Gasteiger partial charge in [0.15, 0.2) is 0 Å². The Balaban J connectivity index is 1.23. The summed E-state index contributed by atoms with van der Waals surface area (Å²) in [7, 11) is 0. The van der Waals surface area contributed by atoms with E-state index in [4.69, 9.17) is 9.26 Å². The average molecular weight is 539 g/mol. The summed E-state index contributed by atoms with van der Waals surface area (Å²) in [6.45, 7) is 8.34. The topological polar surface area (TPSA) is 80.5 Å².